The maximum absolute atomic E-state index is 9.15. The molecule has 0 aliphatic rings. The summed E-state index contributed by atoms with van der Waals surface area (Å²) in [5.41, 5.74) is 6.48. The van der Waals surface area contributed by atoms with Gasteiger partial charge in [0.1, 0.15) is 0 Å². The van der Waals surface area contributed by atoms with Crippen LogP contribution in [0, 0.1) is 5.41 Å². The monoisotopic (exact) mass is 180 g/mol. The molecular formula is C10H16N2O. The maximum Gasteiger partial charge on any atom is 0.0500 e. The van der Waals surface area contributed by atoms with Crippen molar-refractivity contribution in [3.8, 4) is 0 Å². The number of hydrogen-bond donors (Lipinski definition) is 2. The molecule has 13 heavy (non-hydrogen) atoms. The number of pyridine rings is 1. The number of nitrogens with zero attached hydrogens (tertiary/aromatic N) is 1. The first-order chi connectivity index (χ1) is 6.20. The molecule has 1 rings (SSSR count). The van der Waals surface area contributed by atoms with Crippen molar-refractivity contribution in [2.45, 2.75) is 13.3 Å². The molecule has 0 amide bonds. The van der Waals surface area contributed by atoms with Gasteiger partial charge >= 0.3 is 0 Å². The quantitative estimate of drug-likeness (QED) is 0.712. The molecule has 72 valence electrons. The summed E-state index contributed by atoms with van der Waals surface area (Å²) in [6.07, 6.45) is 4.32. The summed E-state index contributed by atoms with van der Waals surface area (Å²) in [5, 5.41) is 9.15. The van der Waals surface area contributed by atoms with Gasteiger partial charge in [0, 0.05) is 31.0 Å². The molecule has 1 unspecified atom stereocenters. The van der Waals surface area contributed by atoms with Crippen LogP contribution in [0.4, 0.5) is 0 Å². The number of aromatic nitrogens is 1. The van der Waals surface area contributed by atoms with E-state index >= 15 is 0 Å². The lowest BCUT2D eigenvalue weighted by Crippen LogP contribution is -2.33. The van der Waals surface area contributed by atoms with Crippen LogP contribution in [0.3, 0.4) is 0 Å². The minimum atomic E-state index is -0.219. The molecule has 0 radical (unpaired) electrons. The third kappa shape index (κ3) is 2.79. The fourth-order valence-electron chi connectivity index (χ4n) is 1.19. The first kappa shape index (κ1) is 10.2. The van der Waals surface area contributed by atoms with E-state index in [1.807, 2.05) is 25.3 Å². The van der Waals surface area contributed by atoms with Gasteiger partial charge in [0.25, 0.3) is 0 Å². The first-order valence-corrected chi connectivity index (χ1v) is 4.40. The van der Waals surface area contributed by atoms with Gasteiger partial charge in [-0.25, -0.2) is 0 Å². The summed E-state index contributed by atoms with van der Waals surface area (Å²) in [6.45, 7) is 2.57. The molecule has 0 saturated carbocycles. The molecule has 3 heteroatoms. The Labute approximate surface area is 78.6 Å². The first-order valence-electron chi connectivity index (χ1n) is 4.40. The lowest BCUT2D eigenvalue weighted by molar-refractivity contribution is 0.149. The molecular weight excluding hydrogens is 164 g/mol. The van der Waals surface area contributed by atoms with E-state index in [0.29, 0.717) is 6.54 Å². The van der Waals surface area contributed by atoms with E-state index in [-0.39, 0.29) is 12.0 Å². The summed E-state index contributed by atoms with van der Waals surface area (Å²) in [4.78, 5) is 4.01. The van der Waals surface area contributed by atoms with Crippen molar-refractivity contribution in [1.82, 2.24) is 4.98 Å². The minimum Gasteiger partial charge on any atom is -0.396 e. The minimum absolute atomic E-state index is 0.110. The molecule has 0 bridgehead atoms. The van der Waals surface area contributed by atoms with E-state index < -0.39 is 0 Å². The predicted molar refractivity (Wildman–Crippen MR) is 52.2 cm³/mol. The predicted octanol–water partition coefficient (Wildman–Crippen LogP) is 0.581. The van der Waals surface area contributed by atoms with Gasteiger partial charge in [-0.05, 0) is 18.1 Å². The Morgan fingerprint density at radius 2 is 2.38 bits per heavy atom. The summed E-state index contributed by atoms with van der Waals surface area (Å²) >= 11 is 0. The highest BCUT2D eigenvalue weighted by Gasteiger charge is 2.21. The highest BCUT2D eigenvalue weighted by molar-refractivity contribution is 5.11. The second-order valence-electron chi connectivity index (χ2n) is 3.71. The number of aliphatic hydroxyl groups is 1. The van der Waals surface area contributed by atoms with Crippen molar-refractivity contribution < 1.29 is 5.11 Å². The van der Waals surface area contributed by atoms with Gasteiger partial charge in [-0.1, -0.05) is 13.0 Å². The zero-order chi connectivity index (χ0) is 9.73. The average molecular weight is 180 g/mol. The smallest absolute Gasteiger partial charge is 0.0500 e. The van der Waals surface area contributed by atoms with Crippen LogP contribution < -0.4 is 5.73 Å². The topological polar surface area (TPSA) is 59.1 Å². The SMILES string of the molecule is CC(CN)(CO)Cc1cccnc1. The maximum atomic E-state index is 9.15. The van der Waals surface area contributed by atoms with E-state index in [1.54, 1.807) is 6.20 Å². The van der Waals surface area contributed by atoms with Crippen LogP contribution in [0.25, 0.3) is 0 Å². The molecule has 1 atom stereocenters. The van der Waals surface area contributed by atoms with Crippen molar-refractivity contribution in [3.05, 3.63) is 30.1 Å². The number of hydrogen-bond acceptors (Lipinski definition) is 3. The van der Waals surface area contributed by atoms with Crippen LogP contribution in [0.2, 0.25) is 0 Å². The van der Waals surface area contributed by atoms with Gasteiger partial charge in [-0.3, -0.25) is 4.98 Å². The molecule has 0 aromatic carbocycles. The summed E-state index contributed by atoms with van der Waals surface area (Å²) in [6, 6.07) is 3.89. The zero-order valence-electron chi connectivity index (χ0n) is 7.90. The van der Waals surface area contributed by atoms with Crippen LogP contribution in [0.15, 0.2) is 24.5 Å². The summed E-state index contributed by atoms with van der Waals surface area (Å²) in [7, 11) is 0. The second kappa shape index (κ2) is 4.35. The van der Waals surface area contributed by atoms with Crippen LogP contribution in [-0.2, 0) is 6.42 Å². The third-order valence-electron chi connectivity index (χ3n) is 2.23. The molecule has 0 aliphatic heterocycles. The molecule has 1 aromatic rings. The number of nitrogens with two attached hydrogens (primary N) is 1. The molecule has 1 heterocycles. The Kier molecular flexibility index (Phi) is 3.39. The van der Waals surface area contributed by atoms with Crippen molar-refractivity contribution in [1.29, 1.82) is 0 Å². The number of aliphatic hydroxyl groups excluding tert-OH is 1. The summed E-state index contributed by atoms with van der Waals surface area (Å²) < 4.78 is 0. The normalized spacial score (nSPS) is 15.3. The largest absolute Gasteiger partial charge is 0.396 e. The molecule has 0 aliphatic carbocycles. The zero-order valence-corrected chi connectivity index (χ0v) is 7.90. The fourth-order valence-corrected chi connectivity index (χ4v) is 1.19. The van der Waals surface area contributed by atoms with Gasteiger partial charge in [0.2, 0.25) is 0 Å². The third-order valence-corrected chi connectivity index (χ3v) is 2.23. The highest BCUT2D eigenvalue weighted by Crippen LogP contribution is 2.19. The van der Waals surface area contributed by atoms with Crippen LogP contribution >= 0.6 is 0 Å². The van der Waals surface area contributed by atoms with Crippen molar-refractivity contribution >= 4 is 0 Å². The van der Waals surface area contributed by atoms with Crippen molar-refractivity contribution in [2.75, 3.05) is 13.2 Å². The number of rotatable bonds is 4. The van der Waals surface area contributed by atoms with Gasteiger partial charge < -0.3 is 10.8 Å². The van der Waals surface area contributed by atoms with Crippen molar-refractivity contribution in [2.24, 2.45) is 11.1 Å². The Morgan fingerprint density at radius 1 is 1.62 bits per heavy atom. The average Bonchev–Trinajstić information content (AvgIpc) is 2.19. The van der Waals surface area contributed by atoms with Gasteiger partial charge in [0.15, 0.2) is 0 Å². The van der Waals surface area contributed by atoms with E-state index in [9.17, 15) is 0 Å². The van der Waals surface area contributed by atoms with E-state index in [1.165, 1.54) is 0 Å². The second-order valence-corrected chi connectivity index (χ2v) is 3.71. The highest BCUT2D eigenvalue weighted by atomic mass is 16.3. The molecule has 0 spiro atoms. The molecule has 1 aromatic heterocycles. The Morgan fingerprint density at radius 3 is 2.85 bits per heavy atom. The Balaban J connectivity index is 2.68. The lowest BCUT2D eigenvalue weighted by Gasteiger charge is -2.24. The van der Waals surface area contributed by atoms with Gasteiger partial charge in [-0.15, -0.1) is 0 Å². The Hall–Kier alpha value is -0.930. The molecule has 3 N–H and O–H groups in total. The molecule has 0 fully saturated rings. The summed E-state index contributed by atoms with van der Waals surface area (Å²) in [5.74, 6) is 0. The van der Waals surface area contributed by atoms with E-state index in [0.717, 1.165) is 12.0 Å². The lowest BCUT2D eigenvalue weighted by atomic mass is 9.85. The van der Waals surface area contributed by atoms with Gasteiger partial charge in [-0.2, -0.15) is 0 Å². The van der Waals surface area contributed by atoms with E-state index in [2.05, 4.69) is 4.98 Å². The standard InChI is InChI=1S/C10H16N2O/c1-10(7-11,8-13)5-9-3-2-4-12-6-9/h2-4,6,13H,5,7-8,11H2,1H3. The molecule has 0 saturated heterocycles. The fraction of sp³-hybridized carbons (Fsp3) is 0.500. The van der Waals surface area contributed by atoms with E-state index in [4.69, 9.17) is 10.8 Å². The van der Waals surface area contributed by atoms with Gasteiger partial charge in [0.05, 0.1) is 0 Å². The van der Waals surface area contributed by atoms with Crippen LogP contribution in [0.5, 0.6) is 0 Å². The van der Waals surface area contributed by atoms with Crippen LogP contribution in [0.1, 0.15) is 12.5 Å². The Bertz CT molecular complexity index is 244. The molecule has 3 nitrogen and oxygen atoms in total. The van der Waals surface area contributed by atoms with Crippen LogP contribution in [-0.4, -0.2) is 23.2 Å². The van der Waals surface area contributed by atoms with Crippen molar-refractivity contribution in [3.63, 3.8) is 0 Å².